The molecule has 0 heterocycles. The molecular formula is C42H71NO8P+. The Morgan fingerprint density at radius 3 is 1.56 bits per heavy atom. The predicted molar refractivity (Wildman–Crippen MR) is 215 cm³/mol. The number of phosphoric ester groups is 1. The summed E-state index contributed by atoms with van der Waals surface area (Å²) in [6.07, 6.45) is 42.1. The average molecular weight is 749 g/mol. The standard InChI is InChI=1S/C42H70NO8P/c1-6-8-10-12-14-16-18-20-21-23-24-26-28-30-32-34-41(44)48-38-40(39-50-52(46,47)49-37-36-43(3,4)5)51-42(45)35-33-31-29-27-25-22-19-17-15-13-11-9-7-2/h8-19,22,25,40H,6-7,20-21,23-24,26-39H2,1-5H3/p+1/b10-8+,11-9+,14-12+,15-13+,18-16+,19-17+,25-22+. The van der Waals surface area contributed by atoms with Gasteiger partial charge in [-0.15, -0.1) is 0 Å². The number of rotatable bonds is 33. The van der Waals surface area contributed by atoms with E-state index in [0.717, 1.165) is 57.8 Å². The van der Waals surface area contributed by atoms with Crippen LogP contribution in [0.15, 0.2) is 85.1 Å². The number of allylic oxidation sites excluding steroid dienone is 14. The number of carbonyl (C=O) groups is 2. The van der Waals surface area contributed by atoms with Crippen molar-refractivity contribution in [2.45, 2.75) is 123 Å². The summed E-state index contributed by atoms with van der Waals surface area (Å²) in [5, 5.41) is 0. The maximum atomic E-state index is 12.6. The number of unbranched alkanes of at least 4 members (excludes halogenated alkanes) is 10. The van der Waals surface area contributed by atoms with Crippen LogP contribution in [0.25, 0.3) is 0 Å². The maximum Gasteiger partial charge on any atom is 0.472 e. The van der Waals surface area contributed by atoms with Gasteiger partial charge in [0.25, 0.3) is 0 Å². The first-order chi connectivity index (χ1) is 25.0. The summed E-state index contributed by atoms with van der Waals surface area (Å²) in [5.41, 5.74) is 0. The van der Waals surface area contributed by atoms with E-state index in [0.29, 0.717) is 23.9 Å². The monoisotopic (exact) mass is 748 g/mol. The van der Waals surface area contributed by atoms with Gasteiger partial charge in [0.1, 0.15) is 19.8 Å². The van der Waals surface area contributed by atoms with Crippen LogP contribution in [0.2, 0.25) is 0 Å². The van der Waals surface area contributed by atoms with Crippen molar-refractivity contribution >= 4 is 19.8 Å². The van der Waals surface area contributed by atoms with Crippen LogP contribution in [0.5, 0.6) is 0 Å². The number of phosphoric acid groups is 1. The van der Waals surface area contributed by atoms with Crippen molar-refractivity contribution in [2.75, 3.05) is 47.5 Å². The zero-order chi connectivity index (χ0) is 38.6. The molecule has 2 unspecified atom stereocenters. The highest BCUT2D eigenvalue weighted by Gasteiger charge is 2.27. The number of likely N-dealkylation sites (N-methyl/N-ethyl adjacent to an activating group) is 1. The van der Waals surface area contributed by atoms with E-state index in [1.165, 1.54) is 19.3 Å². The fourth-order valence-corrected chi connectivity index (χ4v) is 5.29. The van der Waals surface area contributed by atoms with Gasteiger partial charge < -0.3 is 18.9 Å². The molecule has 296 valence electrons. The van der Waals surface area contributed by atoms with E-state index in [1.54, 1.807) is 0 Å². The van der Waals surface area contributed by atoms with E-state index in [2.05, 4.69) is 62.5 Å². The third-order valence-corrected chi connectivity index (χ3v) is 8.56. The smallest absolute Gasteiger partial charge is 0.462 e. The van der Waals surface area contributed by atoms with E-state index < -0.39 is 32.5 Å². The fraction of sp³-hybridized carbons (Fsp3) is 0.619. The van der Waals surface area contributed by atoms with E-state index in [-0.39, 0.29) is 26.1 Å². The number of quaternary nitrogens is 1. The summed E-state index contributed by atoms with van der Waals surface area (Å²) in [7, 11) is 1.42. The number of esters is 2. The molecule has 0 aliphatic rings. The van der Waals surface area contributed by atoms with E-state index >= 15 is 0 Å². The molecule has 52 heavy (non-hydrogen) atoms. The lowest BCUT2D eigenvalue weighted by Crippen LogP contribution is -2.37. The van der Waals surface area contributed by atoms with Crippen LogP contribution >= 0.6 is 7.82 Å². The van der Waals surface area contributed by atoms with E-state index in [4.69, 9.17) is 18.5 Å². The largest absolute Gasteiger partial charge is 0.472 e. The summed E-state index contributed by atoms with van der Waals surface area (Å²) < 4.78 is 34.1. The summed E-state index contributed by atoms with van der Waals surface area (Å²) in [6, 6.07) is 0. The van der Waals surface area contributed by atoms with Gasteiger partial charge in [0.15, 0.2) is 6.10 Å². The van der Waals surface area contributed by atoms with E-state index in [9.17, 15) is 19.0 Å². The fourth-order valence-electron chi connectivity index (χ4n) is 4.55. The van der Waals surface area contributed by atoms with Crippen LogP contribution < -0.4 is 0 Å². The van der Waals surface area contributed by atoms with Crippen molar-refractivity contribution in [3.8, 4) is 0 Å². The second-order valence-electron chi connectivity index (χ2n) is 13.7. The molecule has 0 spiro atoms. The molecule has 0 rings (SSSR count). The lowest BCUT2D eigenvalue weighted by Gasteiger charge is -2.24. The molecule has 0 bridgehead atoms. The normalized spacial score (nSPS) is 14.7. The van der Waals surface area contributed by atoms with Gasteiger partial charge in [-0.3, -0.25) is 18.6 Å². The average Bonchev–Trinajstić information content (AvgIpc) is 3.09. The van der Waals surface area contributed by atoms with Crippen molar-refractivity contribution in [2.24, 2.45) is 0 Å². The third-order valence-electron chi connectivity index (χ3n) is 7.58. The van der Waals surface area contributed by atoms with Gasteiger partial charge in [-0.1, -0.05) is 137 Å². The lowest BCUT2D eigenvalue weighted by atomic mass is 10.1. The highest BCUT2D eigenvalue weighted by Crippen LogP contribution is 2.43. The highest BCUT2D eigenvalue weighted by atomic mass is 31.2. The number of hydrogen-bond donors (Lipinski definition) is 1. The van der Waals surface area contributed by atoms with Crippen LogP contribution in [0.3, 0.4) is 0 Å². The molecule has 0 amide bonds. The lowest BCUT2D eigenvalue weighted by molar-refractivity contribution is -0.870. The first kappa shape index (κ1) is 49.2. The van der Waals surface area contributed by atoms with Gasteiger partial charge in [0, 0.05) is 12.8 Å². The first-order valence-corrected chi connectivity index (χ1v) is 20.9. The zero-order valence-corrected chi connectivity index (χ0v) is 33.9. The van der Waals surface area contributed by atoms with Crippen LogP contribution in [0, 0.1) is 0 Å². The Kier molecular flexibility index (Phi) is 32.2. The van der Waals surface area contributed by atoms with Crippen molar-refractivity contribution in [1.29, 1.82) is 0 Å². The number of carbonyl (C=O) groups excluding carboxylic acids is 2. The third kappa shape index (κ3) is 37.0. The van der Waals surface area contributed by atoms with Crippen LogP contribution in [0.1, 0.15) is 117 Å². The SMILES string of the molecule is CC/C=C/C=C/C=C/C=C/CCCCCC(=O)OC(COC(=O)CCCCCCCCC/C=C/C=C/C=C/CC)COP(=O)(O)OCC[N+](C)(C)C. The van der Waals surface area contributed by atoms with Crippen molar-refractivity contribution in [3.63, 3.8) is 0 Å². The first-order valence-electron chi connectivity index (χ1n) is 19.4. The Morgan fingerprint density at radius 1 is 0.596 bits per heavy atom. The topological polar surface area (TPSA) is 108 Å². The molecule has 0 saturated heterocycles. The van der Waals surface area contributed by atoms with Gasteiger partial charge in [-0.25, -0.2) is 4.57 Å². The molecule has 0 aromatic rings. The van der Waals surface area contributed by atoms with Gasteiger partial charge in [-0.2, -0.15) is 0 Å². The van der Waals surface area contributed by atoms with Gasteiger partial charge in [0.05, 0.1) is 27.7 Å². The van der Waals surface area contributed by atoms with Gasteiger partial charge in [0.2, 0.25) is 0 Å². The Morgan fingerprint density at radius 2 is 1.04 bits per heavy atom. The van der Waals surface area contributed by atoms with Gasteiger partial charge >= 0.3 is 19.8 Å². The predicted octanol–water partition coefficient (Wildman–Crippen LogP) is 10.5. The van der Waals surface area contributed by atoms with Crippen LogP contribution in [-0.4, -0.2) is 74.9 Å². The quantitative estimate of drug-likeness (QED) is 0.0232. The number of hydrogen-bond acceptors (Lipinski definition) is 7. The maximum absolute atomic E-state index is 12.6. The molecule has 9 nitrogen and oxygen atoms in total. The molecule has 0 aliphatic carbocycles. The molecule has 0 saturated carbocycles. The van der Waals surface area contributed by atoms with E-state index in [1.807, 2.05) is 57.6 Å². The van der Waals surface area contributed by atoms with Crippen molar-refractivity contribution in [1.82, 2.24) is 0 Å². The summed E-state index contributed by atoms with van der Waals surface area (Å²) in [6.45, 7) is 4.04. The Bertz CT molecular complexity index is 1160. The summed E-state index contributed by atoms with van der Waals surface area (Å²) >= 11 is 0. The minimum atomic E-state index is -4.39. The molecule has 0 aliphatic heterocycles. The number of nitrogens with zero attached hydrogens (tertiary/aromatic N) is 1. The molecule has 0 radical (unpaired) electrons. The molecule has 0 aromatic heterocycles. The Hall–Kier alpha value is -2.81. The molecular weight excluding hydrogens is 677 g/mol. The van der Waals surface area contributed by atoms with Crippen LogP contribution in [0.4, 0.5) is 0 Å². The minimum Gasteiger partial charge on any atom is -0.462 e. The molecule has 0 aromatic carbocycles. The Labute approximate surface area is 316 Å². The minimum absolute atomic E-state index is 0.0163. The second-order valence-corrected chi connectivity index (χ2v) is 15.2. The zero-order valence-electron chi connectivity index (χ0n) is 33.0. The summed E-state index contributed by atoms with van der Waals surface area (Å²) in [5.74, 6) is -0.871. The van der Waals surface area contributed by atoms with Crippen LogP contribution in [-0.2, 0) is 32.7 Å². The van der Waals surface area contributed by atoms with Gasteiger partial charge in [-0.05, 0) is 51.4 Å². The molecule has 10 heteroatoms. The number of ether oxygens (including phenoxy) is 2. The molecule has 0 fully saturated rings. The Balaban J connectivity index is 4.53. The van der Waals surface area contributed by atoms with Crippen molar-refractivity contribution < 1.29 is 42.1 Å². The highest BCUT2D eigenvalue weighted by molar-refractivity contribution is 7.47. The second kappa shape index (κ2) is 34.0. The molecule has 1 N–H and O–H groups in total. The summed E-state index contributed by atoms with van der Waals surface area (Å²) in [4.78, 5) is 35.2. The molecule has 2 atom stereocenters. The van der Waals surface area contributed by atoms with Crippen molar-refractivity contribution in [3.05, 3.63) is 85.1 Å².